The minimum Gasteiger partial charge on any atom is -0.323 e. The first-order chi connectivity index (χ1) is 8.47. The number of nitrogens with zero attached hydrogens (tertiary/aromatic N) is 1. The van der Waals surface area contributed by atoms with Crippen LogP contribution < -0.4 is 11.3 Å². The number of hydrazine groups is 1. The molecule has 2 aromatic rings. The molecule has 0 amide bonds. The Labute approximate surface area is 108 Å². The van der Waals surface area contributed by atoms with E-state index in [0.29, 0.717) is 5.92 Å². The monoisotopic (exact) mass is 243 g/mol. The van der Waals surface area contributed by atoms with Gasteiger partial charge in [-0.05, 0) is 37.8 Å². The van der Waals surface area contributed by atoms with Crippen molar-refractivity contribution < 1.29 is 0 Å². The van der Waals surface area contributed by atoms with Gasteiger partial charge in [0.25, 0.3) is 0 Å². The number of hydrogen-bond donors (Lipinski definition) is 2. The predicted molar refractivity (Wildman–Crippen MR) is 77.9 cm³/mol. The van der Waals surface area contributed by atoms with Gasteiger partial charge in [0.15, 0.2) is 0 Å². The topological polar surface area (TPSA) is 50.9 Å². The van der Waals surface area contributed by atoms with E-state index in [4.69, 9.17) is 10.8 Å². The van der Waals surface area contributed by atoms with Gasteiger partial charge >= 0.3 is 0 Å². The van der Waals surface area contributed by atoms with Crippen LogP contribution in [0.1, 0.15) is 42.1 Å². The number of nitrogen functional groups attached to an aromatic ring is 1. The van der Waals surface area contributed by atoms with Crippen LogP contribution >= 0.6 is 0 Å². The predicted octanol–water partition coefficient (Wildman–Crippen LogP) is 3.57. The molecule has 3 nitrogen and oxygen atoms in total. The summed E-state index contributed by atoms with van der Waals surface area (Å²) in [6.07, 6.45) is 0. The molecule has 0 atom stereocenters. The third kappa shape index (κ3) is 1.85. The van der Waals surface area contributed by atoms with E-state index in [1.54, 1.807) is 0 Å². The number of pyridine rings is 1. The second-order valence-electron chi connectivity index (χ2n) is 5.19. The van der Waals surface area contributed by atoms with E-state index < -0.39 is 0 Å². The summed E-state index contributed by atoms with van der Waals surface area (Å²) in [5, 5.41) is 1.11. The van der Waals surface area contributed by atoms with Crippen LogP contribution in [-0.2, 0) is 0 Å². The van der Waals surface area contributed by atoms with Crippen molar-refractivity contribution in [1.29, 1.82) is 0 Å². The summed E-state index contributed by atoms with van der Waals surface area (Å²) in [6, 6.07) is 4.23. The molecule has 0 saturated carbocycles. The molecule has 0 radical (unpaired) electrons. The maximum Gasteiger partial charge on any atom is 0.0758 e. The molecule has 18 heavy (non-hydrogen) atoms. The summed E-state index contributed by atoms with van der Waals surface area (Å²) in [5.74, 6) is 6.13. The fourth-order valence-corrected chi connectivity index (χ4v) is 2.56. The molecule has 3 N–H and O–H groups in total. The van der Waals surface area contributed by atoms with Gasteiger partial charge < -0.3 is 5.43 Å². The van der Waals surface area contributed by atoms with Crippen LogP contribution in [0.4, 0.5) is 5.69 Å². The zero-order chi connectivity index (χ0) is 13.4. The third-order valence-corrected chi connectivity index (χ3v) is 3.63. The molecule has 0 aliphatic carbocycles. The van der Waals surface area contributed by atoms with Crippen molar-refractivity contribution in [2.75, 3.05) is 5.43 Å². The lowest BCUT2D eigenvalue weighted by atomic mass is 9.95. The van der Waals surface area contributed by atoms with Crippen molar-refractivity contribution in [2.45, 2.75) is 40.5 Å². The van der Waals surface area contributed by atoms with E-state index in [1.807, 2.05) is 0 Å². The molecule has 0 aliphatic heterocycles. The van der Waals surface area contributed by atoms with Crippen LogP contribution in [0.2, 0.25) is 0 Å². The van der Waals surface area contributed by atoms with Crippen molar-refractivity contribution in [3.05, 3.63) is 34.5 Å². The Hall–Kier alpha value is -1.61. The molecular formula is C15H21N3. The summed E-state index contributed by atoms with van der Waals surface area (Å²) in [5.41, 5.74) is 9.66. The van der Waals surface area contributed by atoms with Crippen LogP contribution in [0.5, 0.6) is 0 Å². The average Bonchev–Trinajstić information content (AvgIpc) is 2.32. The number of aryl methyl sites for hydroxylation is 3. The van der Waals surface area contributed by atoms with Crippen molar-refractivity contribution in [3.63, 3.8) is 0 Å². The number of nitrogens with two attached hydrogens (primary N) is 1. The molecule has 1 aromatic carbocycles. The summed E-state index contributed by atoms with van der Waals surface area (Å²) >= 11 is 0. The number of hydrogen-bond acceptors (Lipinski definition) is 3. The SMILES string of the molecule is Cc1ccc2c(NN)c(C(C)C)c(C)nc2c1C. The van der Waals surface area contributed by atoms with Gasteiger partial charge in [0, 0.05) is 16.6 Å². The Morgan fingerprint density at radius 1 is 1.17 bits per heavy atom. The van der Waals surface area contributed by atoms with Crippen LogP contribution in [0.3, 0.4) is 0 Å². The molecule has 1 heterocycles. The summed E-state index contributed by atoms with van der Waals surface area (Å²) < 4.78 is 0. The quantitative estimate of drug-likeness (QED) is 0.626. The molecule has 3 heteroatoms. The Morgan fingerprint density at radius 2 is 1.83 bits per heavy atom. The lowest BCUT2D eigenvalue weighted by Gasteiger charge is -2.18. The number of anilines is 1. The molecule has 0 unspecified atom stereocenters. The highest BCUT2D eigenvalue weighted by Crippen LogP contribution is 2.34. The number of rotatable bonds is 2. The highest BCUT2D eigenvalue weighted by Gasteiger charge is 2.16. The van der Waals surface area contributed by atoms with Gasteiger partial charge in [0.2, 0.25) is 0 Å². The summed E-state index contributed by atoms with van der Waals surface area (Å²) in [4.78, 5) is 4.77. The number of benzene rings is 1. The molecule has 0 saturated heterocycles. The van der Waals surface area contributed by atoms with Gasteiger partial charge in [-0.2, -0.15) is 0 Å². The maximum atomic E-state index is 5.73. The summed E-state index contributed by atoms with van der Waals surface area (Å²) in [7, 11) is 0. The molecule has 2 rings (SSSR count). The third-order valence-electron chi connectivity index (χ3n) is 3.63. The van der Waals surface area contributed by atoms with E-state index in [9.17, 15) is 0 Å². The van der Waals surface area contributed by atoms with Crippen LogP contribution in [-0.4, -0.2) is 4.98 Å². The first-order valence-electron chi connectivity index (χ1n) is 6.34. The zero-order valence-corrected chi connectivity index (χ0v) is 11.8. The van der Waals surface area contributed by atoms with Gasteiger partial charge in [0.05, 0.1) is 11.2 Å². The minimum atomic E-state index is 0.398. The average molecular weight is 243 g/mol. The Morgan fingerprint density at radius 3 is 2.39 bits per heavy atom. The van der Waals surface area contributed by atoms with Gasteiger partial charge in [0.1, 0.15) is 0 Å². The molecule has 0 spiro atoms. The smallest absolute Gasteiger partial charge is 0.0758 e. The highest BCUT2D eigenvalue weighted by atomic mass is 15.2. The van der Waals surface area contributed by atoms with Crippen molar-refractivity contribution >= 4 is 16.6 Å². The normalized spacial score (nSPS) is 11.3. The van der Waals surface area contributed by atoms with Crippen LogP contribution in [0.15, 0.2) is 12.1 Å². The van der Waals surface area contributed by atoms with E-state index in [0.717, 1.165) is 22.3 Å². The Kier molecular flexibility index (Phi) is 3.26. The summed E-state index contributed by atoms with van der Waals surface area (Å²) in [6.45, 7) is 10.6. The highest BCUT2D eigenvalue weighted by molar-refractivity contribution is 5.95. The van der Waals surface area contributed by atoms with E-state index in [2.05, 4.69) is 52.2 Å². The molecular weight excluding hydrogens is 222 g/mol. The molecule has 0 aliphatic rings. The molecule has 0 fully saturated rings. The van der Waals surface area contributed by atoms with E-state index in [1.165, 1.54) is 16.7 Å². The van der Waals surface area contributed by atoms with E-state index in [-0.39, 0.29) is 0 Å². The molecule has 1 aromatic heterocycles. The number of fused-ring (bicyclic) bond motifs is 1. The fraction of sp³-hybridized carbons (Fsp3) is 0.400. The Balaban J connectivity index is 2.93. The molecule has 0 bridgehead atoms. The van der Waals surface area contributed by atoms with Crippen molar-refractivity contribution in [2.24, 2.45) is 5.84 Å². The lowest BCUT2D eigenvalue weighted by Crippen LogP contribution is -2.13. The largest absolute Gasteiger partial charge is 0.323 e. The standard InChI is InChI=1S/C15H21N3/c1-8(2)13-11(5)17-14-10(4)9(3)6-7-12(14)15(13)18-16/h6-8H,16H2,1-5H3,(H,17,18). The Bertz CT molecular complexity index is 600. The zero-order valence-electron chi connectivity index (χ0n) is 11.8. The van der Waals surface area contributed by atoms with Gasteiger partial charge in [-0.3, -0.25) is 10.8 Å². The van der Waals surface area contributed by atoms with Crippen LogP contribution in [0.25, 0.3) is 10.9 Å². The van der Waals surface area contributed by atoms with Crippen molar-refractivity contribution in [1.82, 2.24) is 4.98 Å². The van der Waals surface area contributed by atoms with E-state index >= 15 is 0 Å². The second kappa shape index (κ2) is 4.58. The van der Waals surface area contributed by atoms with Crippen molar-refractivity contribution in [3.8, 4) is 0 Å². The second-order valence-corrected chi connectivity index (χ2v) is 5.19. The lowest BCUT2D eigenvalue weighted by molar-refractivity contribution is 0.848. The maximum absolute atomic E-state index is 5.73. The number of nitrogens with one attached hydrogen (secondary N) is 1. The minimum absolute atomic E-state index is 0.398. The van der Waals surface area contributed by atoms with Gasteiger partial charge in [-0.25, -0.2) is 0 Å². The van der Waals surface area contributed by atoms with Crippen LogP contribution in [0, 0.1) is 20.8 Å². The molecule has 96 valence electrons. The van der Waals surface area contributed by atoms with Gasteiger partial charge in [-0.1, -0.05) is 26.0 Å². The van der Waals surface area contributed by atoms with Gasteiger partial charge in [-0.15, -0.1) is 0 Å². The number of aromatic nitrogens is 1. The fourth-order valence-electron chi connectivity index (χ4n) is 2.56. The first-order valence-corrected chi connectivity index (χ1v) is 6.34. The first kappa shape index (κ1) is 12.8.